The zero-order valence-corrected chi connectivity index (χ0v) is 12.0. The standard InChI is InChI=1S/C16H24O2/c1-13-9-7-5-6-8-12-16(3,4)15(11-10-13)18-14(2)17/h6,8-9,11H,5,7,10,12H2,1-4H3/b8-6+,13-9+,15-11-. The quantitative estimate of drug-likeness (QED) is 0.503. The Morgan fingerprint density at radius 3 is 2.61 bits per heavy atom. The number of allylic oxidation sites excluding steroid dienone is 6. The van der Waals surface area contributed by atoms with Gasteiger partial charge in [-0.15, -0.1) is 0 Å². The van der Waals surface area contributed by atoms with Gasteiger partial charge in [-0.3, -0.25) is 4.79 Å². The van der Waals surface area contributed by atoms with E-state index >= 15 is 0 Å². The molecular weight excluding hydrogens is 224 g/mol. The smallest absolute Gasteiger partial charge is 0.307 e. The fourth-order valence-electron chi connectivity index (χ4n) is 1.97. The van der Waals surface area contributed by atoms with E-state index in [-0.39, 0.29) is 11.4 Å². The van der Waals surface area contributed by atoms with Gasteiger partial charge in [-0.1, -0.05) is 37.6 Å². The van der Waals surface area contributed by atoms with Gasteiger partial charge in [0.25, 0.3) is 0 Å². The zero-order chi connectivity index (χ0) is 13.6. The van der Waals surface area contributed by atoms with E-state index in [2.05, 4.69) is 39.0 Å². The maximum absolute atomic E-state index is 11.2. The first-order valence-corrected chi connectivity index (χ1v) is 6.61. The number of carbonyl (C=O) groups is 1. The molecule has 0 aliphatic heterocycles. The van der Waals surface area contributed by atoms with E-state index in [0.29, 0.717) is 0 Å². The van der Waals surface area contributed by atoms with Crippen LogP contribution in [0.25, 0.3) is 0 Å². The van der Waals surface area contributed by atoms with Crippen LogP contribution >= 0.6 is 0 Å². The van der Waals surface area contributed by atoms with Gasteiger partial charge in [0.2, 0.25) is 0 Å². The molecule has 0 fully saturated rings. The summed E-state index contributed by atoms with van der Waals surface area (Å²) in [5.41, 5.74) is 1.19. The lowest BCUT2D eigenvalue weighted by atomic mass is 9.86. The van der Waals surface area contributed by atoms with Crippen molar-refractivity contribution in [2.75, 3.05) is 0 Å². The number of ether oxygens (including phenoxy) is 1. The van der Waals surface area contributed by atoms with Crippen molar-refractivity contribution in [1.29, 1.82) is 0 Å². The summed E-state index contributed by atoms with van der Waals surface area (Å²) < 4.78 is 5.39. The van der Waals surface area contributed by atoms with E-state index in [1.54, 1.807) is 0 Å². The number of esters is 1. The van der Waals surface area contributed by atoms with Gasteiger partial charge in [-0.05, 0) is 38.7 Å². The molecule has 1 aliphatic carbocycles. The Kier molecular flexibility index (Phi) is 5.39. The second-order valence-electron chi connectivity index (χ2n) is 5.55. The molecule has 2 nitrogen and oxygen atoms in total. The Hall–Kier alpha value is -1.31. The molecule has 0 aromatic carbocycles. The number of carbonyl (C=O) groups excluding carboxylic acids is 1. The first-order valence-electron chi connectivity index (χ1n) is 6.61. The molecule has 0 saturated heterocycles. The highest BCUT2D eigenvalue weighted by Crippen LogP contribution is 2.33. The molecule has 0 amide bonds. The van der Waals surface area contributed by atoms with Crippen molar-refractivity contribution in [3.63, 3.8) is 0 Å². The summed E-state index contributed by atoms with van der Waals surface area (Å²) in [6.07, 6.45) is 12.6. The molecule has 0 N–H and O–H groups in total. The summed E-state index contributed by atoms with van der Waals surface area (Å²) in [5, 5.41) is 0. The zero-order valence-electron chi connectivity index (χ0n) is 12.0. The van der Waals surface area contributed by atoms with Crippen LogP contribution in [0.2, 0.25) is 0 Å². The van der Waals surface area contributed by atoms with Gasteiger partial charge in [0.1, 0.15) is 5.76 Å². The minimum absolute atomic E-state index is 0.132. The SMILES string of the molecule is CC(=O)O/C1=C\C/C(C)=C/CC/C=C/CC1(C)C. The molecular formula is C16H24O2. The van der Waals surface area contributed by atoms with Crippen molar-refractivity contribution < 1.29 is 9.53 Å². The first-order chi connectivity index (χ1) is 8.42. The minimum Gasteiger partial charge on any atom is -0.431 e. The Balaban J connectivity index is 2.98. The van der Waals surface area contributed by atoms with Crippen LogP contribution in [-0.4, -0.2) is 5.97 Å². The Labute approximate surface area is 110 Å². The van der Waals surface area contributed by atoms with E-state index in [0.717, 1.165) is 31.4 Å². The van der Waals surface area contributed by atoms with Gasteiger partial charge in [0.15, 0.2) is 0 Å². The normalized spacial score (nSPS) is 28.0. The predicted octanol–water partition coefficient (Wildman–Crippen LogP) is 4.54. The lowest BCUT2D eigenvalue weighted by Gasteiger charge is -2.25. The molecule has 0 unspecified atom stereocenters. The molecule has 18 heavy (non-hydrogen) atoms. The third-order valence-electron chi connectivity index (χ3n) is 3.15. The van der Waals surface area contributed by atoms with E-state index < -0.39 is 0 Å². The van der Waals surface area contributed by atoms with Crippen molar-refractivity contribution >= 4 is 5.97 Å². The molecule has 0 aromatic heterocycles. The maximum atomic E-state index is 11.2. The molecule has 0 radical (unpaired) electrons. The van der Waals surface area contributed by atoms with E-state index in [1.807, 2.05) is 6.08 Å². The van der Waals surface area contributed by atoms with Gasteiger partial charge in [-0.2, -0.15) is 0 Å². The molecule has 0 bridgehead atoms. The minimum atomic E-state index is -0.241. The lowest BCUT2D eigenvalue weighted by molar-refractivity contribution is -0.138. The van der Waals surface area contributed by atoms with Gasteiger partial charge < -0.3 is 4.74 Å². The lowest BCUT2D eigenvalue weighted by Crippen LogP contribution is -2.18. The van der Waals surface area contributed by atoms with E-state index in [9.17, 15) is 4.79 Å². The van der Waals surface area contributed by atoms with Crippen molar-refractivity contribution in [2.45, 2.75) is 53.4 Å². The van der Waals surface area contributed by atoms with Crippen LogP contribution in [0.5, 0.6) is 0 Å². The Morgan fingerprint density at radius 2 is 1.94 bits per heavy atom. The van der Waals surface area contributed by atoms with E-state index in [1.165, 1.54) is 12.5 Å². The van der Waals surface area contributed by atoms with Crippen LogP contribution in [0.3, 0.4) is 0 Å². The molecule has 0 heterocycles. The highest BCUT2D eigenvalue weighted by molar-refractivity contribution is 5.67. The van der Waals surface area contributed by atoms with Crippen LogP contribution in [-0.2, 0) is 9.53 Å². The first kappa shape index (κ1) is 14.7. The number of hydrogen-bond donors (Lipinski definition) is 0. The summed E-state index contributed by atoms with van der Waals surface area (Å²) in [5.74, 6) is 0.545. The molecule has 2 heteroatoms. The maximum Gasteiger partial charge on any atom is 0.307 e. The average Bonchev–Trinajstić information content (AvgIpc) is 2.29. The summed E-state index contributed by atoms with van der Waals surface area (Å²) in [4.78, 5) is 11.2. The van der Waals surface area contributed by atoms with Crippen LogP contribution in [0.1, 0.15) is 53.4 Å². The van der Waals surface area contributed by atoms with Gasteiger partial charge in [0.05, 0.1) is 0 Å². The summed E-state index contributed by atoms with van der Waals surface area (Å²) in [6, 6.07) is 0. The second-order valence-corrected chi connectivity index (χ2v) is 5.55. The second kappa shape index (κ2) is 6.58. The van der Waals surface area contributed by atoms with Crippen LogP contribution in [0.4, 0.5) is 0 Å². The molecule has 0 saturated carbocycles. The third kappa shape index (κ3) is 4.91. The van der Waals surface area contributed by atoms with Crippen molar-refractivity contribution in [3.8, 4) is 0 Å². The Bertz CT molecular complexity index is 384. The molecule has 1 aliphatic rings. The molecule has 0 atom stereocenters. The highest BCUT2D eigenvalue weighted by Gasteiger charge is 2.25. The topological polar surface area (TPSA) is 26.3 Å². The monoisotopic (exact) mass is 248 g/mol. The third-order valence-corrected chi connectivity index (χ3v) is 3.15. The predicted molar refractivity (Wildman–Crippen MR) is 75.0 cm³/mol. The summed E-state index contributed by atoms with van der Waals surface area (Å²) in [6.45, 7) is 7.81. The number of hydrogen-bond acceptors (Lipinski definition) is 2. The largest absolute Gasteiger partial charge is 0.431 e. The van der Waals surface area contributed by atoms with Gasteiger partial charge in [0, 0.05) is 12.3 Å². The molecule has 100 valence electrons. The fourth-order valence-corrected chi connectivity index (χ4v) is 1.97. The van der Waals surface area contributed by atoms with Crippen molar-refractivity contribution in [3.05, 3.63) is 35.6 Å². The number of rotatable bonds is 1. The van der Waals surface area contributed by atoms with Crippen molar-refractivity contribution in [1.82, 2.24) is 0 Å². The van der Waals surface area contributed by atoms with Gasteiger partial charge in [-0.25, -0.2) is 0 Å². The van der Waals surface area contributed by atoms with E-state index in [4.69, 9.17) is 4.74 Å². The van der Waals surface area contributed by atoms with Crippen LogP contribution in [0, 0.1) is 5.41 Å². The molecule has 1 rings (SSSR count). The van der Waals surface area contributed by atoms with Crippen LogP contribution in [0.15, 0.2) is 35.6 Å². The average molecular weight is 248 g/mol. The highest BCUT2D eigenvalue weighted by atomic mass is 16.5. The van der Waals surface area contributed by atoms with Gasteiger partial charge >= 0.3 is 5.97 Å². The molecule has 0 aromatic rings. The van der Waals surface area contributed by atoms with Crippen molar-refractivity contribution in [2.24, 2.45) is 5.41 Å². The summed E-state index contributed by atoms with van der Waals surface area (Å²) in [7, 11) is 0. The molecule has 0 spiro atoms. The fraction of sp³-hybridized carbons (Fsp3) is 0.562. The summed E-state index contributed by atoms with van der Waals surface area (Å²) >= 11 is 0. The Morgan fingerprint density at radius 1 is 1.22 bits per heavy atom. The van der Waals surface area contributed by atoms with Crippen LogP contribution < -0.4 is 0 Å².